The van der Waals surface area contributed by atoms with Crippen LogP contribution in [-0.2, 0) is 11.3 Å². The van der Waals surface area contributed by atoms with Crippen molar-refractivity contribution in [3.8, 4) is 0 Å². The third kappa shape index (κ3) is 3.48. The predicted molar refractivity (Wildman–Crippen MR) is 88.5 cm³/mol. The Kier molecular flexibility index (Phi) is 4.38. The summed E-state index contributed by atoms with van der Waals surface area (Å²) >= 11 is 0. The van der Waals surface area contributed by atoms with Crippen LogP contribution in [0, 0.1) is 20.8 Å². The molecule has 2 amide bonds. The first-order valence-corrected chi connectivity index (χ1v) is 8.00. The molecule has 6 nitrogen and oxygen atoms in total. The van der Waals surface area contributed by atoms with Crippen molar-refractivity contribution in [1.29, 1.82) is 0 Å². The number of hydrogen-bond donors (Lipinski definition) is 0. The molecule has 2 aromatic rings. The van der Waals surface area contributed by atoms with Gasteiger partial charge in [0.1, 0.15) is 6.54 Å². The lowest BCUT2D eigenvalue weighted by Crippen LogP contribution is -2.51. The van der Waals surface area contributed by atoms with Crippen molar-refractivity contribution >= 4 is 11.8 Å². The molecule has 3 rings (SSSR count). The highest BCUT2D eigenvalue weighted by Crippen LogP contribution is 2.15. The van der Waals surface area contributed by atoms with Gasteiger partial charge < -0.3 is 14.3 Å². The Morgan fingerprint density at radius 2 is 1.83 bits per heavy atom. The number of aryl methyl sites for hydroxylation is 3. The summed E-state index contributed by atoms with van der Waals surface area (Å²) in [5.74, 6) is -0.150. The van der Waals surface area contributed by atoms with Crippen molar-refractivity contribution in [3.63, 3.8) is 0 Å². The van der Waals surface area contributed by atoms with Crippen LogP contribution in [0.1, 0.15) is 32.9 Å². The molecule has 1 aromatic heterocycles. The van der Waals surface area contributed by atoms with Crippen LogP contribution in [0.15, 0.2) is 28.8 Å². The SMILES string of the molecule is Cc1cc(C)cc(CN2CCN(C(=O)c3cc(C)no3)CC2=O)c1. The summed E-state index contributed by atoms with van der Waals surface area (Å²) < 4.78 is 5.00. The van der Waals surface area contributed by atoms with E-state index in [4.69, 9.17) is 4.52 Å². The van der Waals surface area contributed by atoms with Gasteiger partial charge in [-0.1, -0.05) is 34.5 Å². The largest absolute Gasteiger partial charge is 0.351 e. The fourth-order valence-electron chi connectivity index (χ4n) is 3.05. The zero-order valence-electron chi connectivity index (χ0n) is 14.2. The molecule has 0 spiro atoms. The predicted octanol–water partition coefficient (Wildman–Crippen LogP) is 2.08. The van der Waals surface area contributed by atoms with Crippen LogP contribution < -0.4 is 0 Å². The van der Waals surface area contributed by atoms with Crippen molar-refractivity contribution < 1.29 is 14.1 Å². The summed E-state index contributed by atoms with van der Waals surface area (Å²) in [6.45, 7) is 7.52. The minimum atomic E-state index is -0.282. The molecule has 0 bridgehead atoms. The van der Waals surface area contributed by atoms with Crippen LogP contribution >= 0.6 is 0 Å². The van der Waals surface area contributed by atoms with E-state index in [1.807, 2.05) is 13.8 Å². The molecule has 0 unspecified atom stereocenters. The molecule has 0 radical (unpaired) electrons. The summed E-state index contributed by atoms with van der Waals surface area (Å²) in [6.07, 6.45) is 0. The van der Waals surface area contributed by atoms with Crippen molar-refractivity contribution in [2.75, 3.05) is 19.6 Å². The maximum atomic E-state index is 12.4. The number of piperazine rings is 1. The van der Waals surface area contributed by atoms with Gasteiger partial charge in [0.15, 0.2) is 0 Å². The highest BCUT2D eigenvalue weighted by molar-refractivity contribution is 5.94. The van der Waals surface area contributed by atoms with Crippen LogP contribution in [0.25, 0.3) is 0 Å². The van der Waals surface area contributed by atoms with E-state index in [0.29, 0.717) is 25.3 Å². The van der Waals surface area contributed by atoms with Gasteiger partial charge in [0, 0.05) is 25.7 Å². The van der Waals surface area contributed by atoms with Crippen LogP contribution in [0.4, 0.5) is 0 Å². The van der Waals surface area contributed by atoms with E-state index in [2.05, 4.69) is 23.4 Å². The average molecular weight is 327 g/mol. The molecule has 1 saturated heterocycles. The third-order valence-electron chi connectivity index (χ3n) is 4.10. The van der Waals surface area contributed by atoms with Crippen LogP contribution in [0.3, 0.4) is 0 Å². The molecule has 2 heterocycles. The first-order valence-electron chi connectivity index (χ1n) is 8.00. The molecule has 1 fully saturated rings. The number of carbonyl (C=O) groups is 2. The van der Waals surface area contributed by atoms with E-state index in [1.165, 1.54) is 16.0 Å². The zero-order valence-corrected chi connectivity index (χ0v) is 14.2. The Bertz CT molecular complexity index is 761. The first kappa shape index (κ1) is 16.2. The van der Waals surface area contributed by atoms with Crippen molar-refractivity contribution in [2.45, 2.75) is 27.3 Å². The number of benzene rings is 1. The molecule has 0 atom stereocenters. The Labute approximate surface area is 141 Å². The number of aromatic nitrogens is 1. The van der Waals surface area contributed by atoms with E-state index in [-0.39, 0.29) is 24.1 Å². The van der Waals surface area contributed by atoms with Gasteiger partial charge in [-0.25, -0.2) is 0 Å². The van der Waals surface area contributed by atoms with Crippen molar-refractivity contribution in [1.82, 2.24) is 15.0 Å². The lowest BCUT2D eigenvalue weighted by Gasteiger charge is -2.34. The van der Waals surface area contributed by atoms with Gasteiger partial charge in [-0.3, -0.25) is 9.59 Å². The Hall–Kier alpha value is -2.63. The molecule has 1 aliphatic rings. The quantitative estimate of drug-likeness (QED) is 0.866. The maximum absolute atomic E-state index is 12.4. The van der Waals surface area contributed by atoms with Gasteiger partial charge in [-0.2, -0.15) is 0 Å². The first-order chi connectivity index (χ1) is 11.4. The van der Waals surface area contributed by atoms with Gasteiger partial charge in [0.05, 0.1) is 5.69 Å². The molecule has 126 valence electrons. The monoisotopic (exact) mass is 327 g/mol. The standard InChI is InChI=1S/C18H21N3O3/c1-12-6-13(2)8-15(7-12)10-20-4-5-21(11-17(20)22)18(23)16-9-14(3)19-24-16/h6-9H,4-5,10-11H2,1-3H3. The van der Waals surface area contributed by atoms with Gasteiger partial charge in [0.2, 0.25) is 11.7 Å². The van der Waals surface area contributed by atoms with Gasteiger partial charge in [0.25, 0.3) is 5.91 Å². The second-order valence-corrected chi connectivity index (χ2v) is 6.37. The molecule has 1 aliphatic heterocycles. The van der Waals surface area contributed by atoms with Gasteiger partial charge >= 0.3 is 0 Å². The summed E-state index contributed by atoms with van der Waals surface area (Å²) in [4.78, 5) is 28.0. The van der Waals surface area contributed by atoms with E-state index < -0.39 is 0 Å². The minimum Gasteiger partial charge on any atom is -0.351 e. The summed E-state index contributed by atoms with van der Waals surface area (Å²) in [7, 11) is 0. The van der Waals surface area contributed by atoms with Gasteiger partial charge in [-0.15, -0.1) is 0 Å². The van der Waals surface area contributed by atoms with Crippen molar-refractivity contribution in [3.05, 3.63) is 52.4 Å². The fourth-order valence-corrected chi connectivity index (χ4v) is 3.05. The molecule has 6 heteroatoms. The smallest absolute Gasteiger partial charge is 0.293 e. The highest BCUT2D eigenvalue weighted by atomic mass is 16.5. The number of hydrogen-bond acceptors (Lipinski definition) is 4. The van der Waals surface area contributed by atoms with E-state index in [1.54, 1.807) is 17.9 Å². The average Bonchev–Trinajstić information content (AvgIpc) is 2.94. The number of amides is 2. The van der Waals surface area contributed by atoms with E-state index in [9.17, 15) is 9.59 Å². The molecule has 24 heavy (non-hydrogen) atoms. The van der Waals surface area contributed by atoms with E-state index in [0.717, 1.165) is 5.56 Å². The molecule has 0 saturated carbocycles. The minimum absolute atomic E-state index is 0.0509. The fraction of sp³-hybridized carbons (Fsp3) is 0.389. The lowest BCUT2D eigenvalue weighted by atomic mass is 10.1. The maximum Gasteiger partial charge on any atom is 0.293 e. The van der Waals surface area contributed by atoms with Crippen LogP contribution in [0.5, 0.6) is 0 Å². The molecular formula is C18H21N3O3. The molecule has 1 aromatic carbocycles. The van der Waals surface area contributed by atoms with E-state index >= 15 is 0 Å². The molecule has 0 N–H and O–H groups in total. The highest BCUT2D eigenvalue weighted by Gasteiger charge is 2.29. The molecule has 0 aliphatic carbocycles. The number of carbonyl (C=O) groups excluding carboxylic acids is 2. The van der Waals surface area contributed by atoms with Crippen molar-refractivity contribution in [2.24, 2.45) is 0 Å². The van der Waals surface area contributed by atoms with Crippen LogP contribution in [0.2, 0.25) is 0 Å². The van der Waals surface area contributed by atoms with Crippen LogP contribution in [-0.4, -0.2) is 46.4 Å². The summed E-state index contributed by atoms with van der Waals surface area (Å²) in [5, 5.41) is 3.72. The topological polar surface area (TPSA) is 66.7 Å². The zero-order chi connectivity index (χ0) is 17.3. The third-order valence-corrected chi connectivity index (χ3v) is 4.10. The normalized spacial score (nSPS) is 15.0. The Balaban J connectivity index is 1.65. The number of nitrogens with zero attached hydrogens (tertiary/aromatic N) is 3. The Morgan fingerprint density at radius 3 is 2.42 bits per heavy atom. The lowest BCUT2D eigenvalue weighted by molar-refractivity contribution is -0.135. The second-order valence-electron chi connectivity index (χ2n) is 6.37. The second kappa shape index (κ2) is 6.47. The Morgan fingerprint density at radius 1 is 1.12 bits per heavy atom. The summed E-state index contributed by atoms with van der Waals surface area (Å²) in [6, 6.07) is 7.89. The summed E-state index contributed by atoms with van der Waals surface area (Å²) in [5.41, 5.74) is 4.14. The van der Waals surface area contributed by atoms with Gasteiger partial charge in [-0.05, 0) is 26.3 Å². The number of rotatable bonds is 3. The molecular weight excluding hydrogens is 306 g/mol.